The second kappa shape index (κ2) is 5.89. The lowest BCUT2D eigenvalue weighted by Crippen LogP contribution is -2.64. The molecule has 2 aromatic rings. The van der Waals surface area contributed by atoms with Gasteiger partial charge in [-0.3, -0.25) is 9.59 Å². The summed E-state index contributed by atoms with van der Waals surface area (Å²) in [5.41, 5.74) is 5.75. The van der Waals surface area contributed by atoms with Crippen molar-refractivity contribution in [2.24, 2.45) is 17.6 Å². The van der Waals surface area contributed by atoms with Crippen LogP contribution in [0.4, 0.5) is 0 Å². The predicted octanol–water partition coefficient (Wildman–Crippen LogP) is -1.75. The number of aliphatic hydroxyl groups is 1. The normalized spacial score (nSPS) is 25.7. The molecule has 2 aliphatic rings. The molecule has 0 saturated carbocycles. The smallest absolute Gasteiger partial charge is 0.262 e. The third kappa shape index (κ3) is 2.47. The van der Waals surface area contributed by atoms with Gasteiger partial charge >= 0.3 is 0 Å². The number of aliphatic carboxylic acids is 1. The number of β-lactam (4-membered cyclic amide) rings is 1. The summed E-state index contributed by atoms with van der Waals surface area (Å²) < 4.78 is 3.53. The van der Waals surface area contributed by atoms with Crippen molar-refractivity contribution in [2.75, 3.05) is 0 Å². The van der Waals surface area contributed by atoms with Crippen molar-refractivity contribution in [3.8, 4) is 0 Å². The SMILES string of the molecule is C[C@@H](O)[C@H]1C(=O)N2C(C(=O)[O-])=C(Cn3cc4sc(C(N)=O)c[n+]4c3)[C@H](C)[C@H]12. The summed E-state index contributed by atoms with van der Waals surface area (Å²) in [4.78, 5) is 37.8. The lowest BCUT2D eigenvalue weighted by Gasteiger charge is -2.47. The van der Waals surface area contributed by atoms with Crippen LogP contribution in [0.25, 0.3) is 4.83 Å². The number of carboxylic acids is 1. The van der Waals surface area contributed by atoms with Crippen LogP contribution < -0.4 is 15.2 Å². The van der Waals surface area contributed by atoms with Crippen molar-refractivity contribution < 1.29 is 29.0 Å². The van der Waals surface area contributed by atoms with Gasteiger partial charge in [0.15, 0.2) is 0 Å². The molecule has 0 unspecified atom stereocenters. The molecule has 2 aromatic heterocycles. The fourth-order valence-corrected chi connectivity index (χ4v) is 5.02. The van der Waals surface area contributed by atoms with Gasteiger partial charge < -0.3 is 25.6 Å². The van der Waals surface area contributed by atoms with Crippen molar-refractivity contribution in [1.29, 1.82) is 0 Å². The lowest BCUT2D eigenvalue weighted by atomic mass is 9.78. The summed E-state index contributed by atoms with van der Waals surface area (Å²) in [5, 5.41) is 21.6. The van der Waals surface area contributed by atoms with Crippen LogP contribution in [0, 0.1) is 11.8 Å². The summed E-state index contributed by atoms with van der Waals surface area (Å²) in [6.07, 6.45) is 4.29. The number of thiazole rings is 1. The number of aliphatic hydroxyl groups excluding tert-OH is 1. The van der Waals surface area contributed by atoms with Gasteiger partial charge in [0.1, 0.15) is 23.8 Å². The Labute approximate surface area is 157 Å². The molecule has 4 atom stereocenters. The highest BCUT2D eigenvalue weighted by Crippen LogP contribution is 2.47. The Balaban J connectivity index is 1.68. The van der Waals surface area contributed by atoms with Gasteiger partial charge in [-0.25, -0.2) is 4.57 Å². The summed E-state index contributed by atoms with van der Waals surface area (Å²) in [5.74, 6) is -3.11. The molecule has 0 radical (unpaired) electrons. The molecule has 10 heteroatoms. The number of fused-ring (bicyclic) bond motifs is 2. The molecule has 27 heavy (non-hydrogen) atoms. The Morgan fingerprint density at radius 2 is 2.19 bits per heavy atom. The molecule has 1 fully saturated rings. The number of imidazole rings is 1. The molecular weight excluding hydrogens is 372 g/mol. The Morgan fingerprint density at radius 1 is 1.48 bits per heavy atom. The first-order chi connectivity index (χ1) is 12.7. The van der Waals surface area contributed by atoms with Gasteiger partial charge in [-0.2, -0.15) is 4.40 Å². The van der Waals surface area contributed by atoms with Crippen LogP contribution in [0.1, 0.15) is 23.5 Å². The maximum Gasteiger partial charge on any atom is 0.262 e. The van der Waals surface area contributed by atoms with Crippen molar-refractivity contribution in [1.82, 2.24) is 9.47 Å². The van der Waals surface area contributed by atoms with E-state index in [2.05, 4.69) is 0 Å². The molecule has 4 heterocycles. The fourth-order valence-electron chi connectivity index (χ4n) is 4.14. The highest BCUT2D eigenvalue weighted by atomic mass is 32.1. The Bertz CT molecular complexity index is 988. The molecule has 0 spiro atoms. The first-order valence-electron chi connectivity index (χ1n) is 8.46. The van der Waals surface area contributed by atoms with Crippen LogP contribution in [0.5, 0.6) is 0 Å². The molecular formula is C17H18N4O5S. The second-order valence-corrected chi connectivity index (χ2v) is 8.10. The Morgan fingerprint density at radius 3 is 2.74 bits per heavy atom. The molecule has 2 amide bonds. The zero-order valence-corrected chi connectivity index (χ0v) is 15.5. The van der Waals surface area contributed by atoms with E-state index in [1.807, 2.05) is 6.92 Å². The number of nitrogens with zero attached hydrogens (tertiary/aromatic N) is 3. The number of amides is 2. The number of carbonyl (C=O) groups excluding carboxylic acids is 3. The molecule has 9 nitrogen and oxygen atoms in total. The van der Waals surface area contributed by atoms with Gasteiger partial charge in [-0.05, 0) is 6.92 Å². The molecule has 1 saturated heterocycles. The molecule has 3 N–H and O–H groups in total. The van der Waals surface area contributed by atoms with Gasteiger partial charge in [0, 0.05) is 11.5 Å². The summed E-state index contributed by atoms with van der Waals surface area (Å²) in [6, 6.07) is -0.369. The zero-order chi connectivity index (χ0) is 19.6. The minimum Gasteiger partial charge on any atom is -0.543 e. The number of carbonyl (C=O) groups is 3. The van der Waals surface area contributed by atoms with Gasteiger partial charge in [0.25, 0.3) is 5.91 Å². The molecule has 142 valence electrons. The molecule has 4 rings (SSSR count). The van der Waals surface area contributed by atoms with E-state index >= 15 is 0 Å². The van der Waals surface area contributed by atoms with Crippen molar-refractivity contribution in [2.45, 2.75) is 32.5 Å². The minimum absolute atomic E-state index is 0.103. The van der Waals surface area contributed by atoms with Crippen LogP contribution >= 0.6 is 11.3 Å². The lowest BCUT2D eigenvalue weighted by molar-refractivity contribution is -0.508. The van der Waals surface area contributed by atoms with Crippen LogP contribution in [0.3, 0.4) is 0 Å². The maximum atomic E-state index is 12.3. The van der Waals surface area contributed by atoms with Crippen molar-refractivity contribution in [3.05, 3.63) is 34.9 Å². The number of hydrogen-bond acceptors (Lipinski definition) is 6. The third-order valence-corrected chi connectivity index (χ3v) is 6.43. The third-order valence-electron chi connectivity index (χ3n) is 5.38. The largest absolute Gasteiger partial charge is 0.543 e. The number of rotatable bonds is 5. The number of aromatic nitrogens is 2. The van der Waals surface area contributed by atoms with Crippen molar-refractivity contribution in [3.63, 3.8) is 0 Å². The van der Waals surface area contributed by atoms with E-state index in [-0.39, 0.29) is 30.1 Å². The van der Waals surface area contributed by atoms with E-state index in [0.717, 1.165) is 4.83 Å². The second-order valence-electron chi connectivity index (χ2n) is 7.04. The fraction of sp³-hybridized carbons (Fsp3) is 0.412. The highest BCUT2D eigenvalue weighted by molar-refractivity contribution is 7.18. The van der Waals surface area contributed by atoms with E-state index in [1.54, 1.807) is 27.7 Å². The summed E-state index contributed by atoms with van der Waals surface area (Å²) in [7, 11) is 0. The molecule has 0 bridgehead atoms. The van der Waals surface area contributed by atoms with E-state index in [0.29, 0.717) is 10.5 Å². The van der Waals surface area contributed by atoms with E-state index in [9.17, 15) is 24.6 Å². The predicted molar refractivity (Wildman–Crippen MR) is 91.0 cm³/mol. The quantitative estimate of drug-likeness (QED) is 0.461. The van der Waals surface area contributed by atoms with Crippen LogP contribution in [0.15, 0.2) is 30.0 Å². The standard InChI is InChI=1S/C17H18N4O5S/c1-7-9(3-19-5-11-20(6-19)4-10(27-11)15(18)23)14(17(25)26)21-13(7)12(8(2)22)16(21)24/h4-8,12-13,22H,3H2,1-2H3,(H2-,18,23,25,26)/t7-,8+,12+,13+/m0/s1. The first-order valence-corrected chi connectivity index (χ1v) is 9.28. The van der Waals surface area contributed by atoms with Gasteiger partial charge in [-0.15, -0.1) is 0 Å². The van der Waals surface area contributed by atoms with Crippen LogP contribution in [-0.4, -0.2) is 44.5 Å². The van der Waals surface area contributed by atoms with Crippen LogP contribution in [-0.2, 0) is 16.1 Å². The highest BCUT2D eigenvalue weighted by Gasteiger charge is 2.58. The first kappa shape index (κ1) is 17.7. The number of primary amides is 1. The Hall–Kier alpha value is -2.72. The monoisotopic (exact) mass is 390 g/mol. The topological polar surface area (TPSA) is 133 Å². The van der Waals surface area contributed by atoms with E-state index < -0.39 is 23.9 Å². The number of hydrogen-bond donors (Lipinski definition) is 2. The molecule has 0 aromatic carbocycles. The van der Waals surface area contributed by atoms with Gasteiger partial charge in [0.2, 0.25) is 17.1 Å². The average Bonchev–Trinajstić information content (AvgIpc) is 3.18. The average molecular weight is 390 g/mol. The number of carboxylic acid groups (broad SMARTS) is 1. The van der Waals surface area contributed by atoms with Gasteiger partial charge in [0.05, 0.1) is 29.7 Å². The van der Waals surface area contributed by atoms with E-state index in [1.165, 1.54) is 23.2 Å². The number of nitrogens with two attached hydrogens (primary N) is 1. The maximum absolute atomic E-state index is 12.3. The zero-order valence-electron chi connectivity index (χ0n) is 14.7. The molecule has 2 aliphatic heterocycles. The Kier molecular flexibility index (Phi) is 3.86. The summed E-state index contributed by atoms with van der Waals surface area (Å²) in [6.45, 7) is 3.66. The summed E-state index contributed by atoms with van der Waals surface area (Å²) >= 11 is 1.24. The van der Waals surface area contributed by atoms with Crippen molar-refractivity contribution >= 4 is 34.0 Å². The van der Waals surface area contributed by atoms with Gasteiger partial charge in [-0.1, -0.05) is 18.3 Å². The van der Waals surface area contributed by atoms with E-state index in [4.69, 9.17) is 5.73 Å². The minimum atomic E-state index is -1.39. The van der Waals surface area contributed by atoms with Crippen LogP contribution in [0.2, 0.25) is 0 Å². The molecule has 0 aliphatic carbocycles.